The standard InChI is InChI=1S/C20H20O6/c1-9-4-11-13(21)6-17(23-3)20(22)19(11)18(10(9)2)12-5-15-16(25-8-24-15)7-14(12)26-20/h5-7,9-10,18,22H,4,8H2,1-3H3. The van der Waals surface area contributed by atoms with Crippen molar-refractivity contribution in [2.24, 2.45) is 11.8 Å². The molecule has 26 heavy (non-hydrogen) atoms. The molecule has 4 aliphatic rings. The molecular weight excluding hydrogens is 336 g/mol. The first-order valence-electron chi connectivity index (χ1n) is 8.83. The van der Waals surface area contributed by atoms with Gasteiger partial charge in [-0.25, -0.2) is 0 Å². The van der Waals surface area contributed by atoms with Crippen LogP contribution in [0.2, 0.25) is 0 Å². The average Bonchev–Trinajstić information content (AvgIpc) is 3.06. The van der Waals surface area contributed by atoms with Crippen LogP contribution in [-0.4, -0.2) is 30.6 Å². The van der Waals surface area contributed by atoms with Gasteiger partial charge < -0.3 is 24.1 Å². The summed E-state index contributed by atoms with van der Waals surface area (Å²) in [6.07, 6.45) is 1.96. The van der Waals surface area contributed by atoms with E-state index in [1.165, 1.54) is 13.2 Å². The second-order valence-electron chi connectivity index (χ2n) is 7.48. The Morgan fingerprint density at radius 2 is 1.92 bits per heavy atom. The van der Waals surface area contributed by atoms with E-state index in [1.807, 2.05) is 6.07 Å². The quantitative estimate of drug-likeness (QED) is 0.834. The van der Waals surface area contributed by atoms with Gasteiger partial charge in [0.2, 0.25) is 6.79 Å². The summed E-state index contributed by atoms with van der Waals surface area (Å²) in [5.41, 5.74) is 2.15. The van der Waals surface area contributed by atoms with E-state index >= 15 is 0 Å². The predicted molar refractivity (Wildman–Crippen MR) is 91.0 cm³/mol. The van der Waals surface area contributed by atoms with Crippen LogP contribution >= 0.6 is 0 Å². The second kappa shape index (κ2) is 5.04. The molecule has 1 aromatic carbocycles. The lowest BCUT2D eigenvalue weighted by Crippen LogP contribution is -2.52. The van der Waals surface area contributed by atoms with Crippen LogP contribution in [0, 0.1) is 11.8 Å². The lowest BCUT2D eigenvalue weighted by Gasteiger charge is -2.49. The number of benzene rings is 1. The summed E-state index contributed by atoms with van der Waals surface area (Å²) < 4.78 is 22.4. The Balaban J connectivity index is 1.80. The summed E-state index contributed by atoms with van der Waals surface area (Å²) in [5.74, 6) is 0.379. The van der Waals surface area contributed by atoms with Crippen molar-refractivity contribution in [3.63, 3.8) is 0 Å². The van der Waals surface area contributed by atoms with Crippen LogP contribution in [0.1, 0.15) is 31.7 Å². The fraction of sp³-hybridized carbons (Fsp3) is 0.450. The van der Waals surface area contributed by atoms with E-state index < -0.39 is 5.79 Å². The Morgan fingerprint density at radius 3 is 2.65 bits per heavy atom. The van der Waals surface area contributed by atoms with Gasteiger partial charge in [0.05, 0.1) is 7.11 Å². The Hall–Kier alpha value is -2.47. The molecule has 6 heteroatoms. The van der Waals surface area contributed by atoms with Crippen molar-refractivity contribution in [1.29, 1.82) is 0 Å². The summed E-state index contributed by atoms with van der Waals surface area (Å²) in [7, 11) is 1.44. The molecule has 0 spiro atoms. The molecule has 1 aromatic rings. The summed E-state index contributed by atoms with van der Waals surface area (Å²) in [6, 6.07) is 3.66. The summed E-state index contributed by atoms with van der Waals surface area (Å²) in [6.45, 7) is 4.45. The molecule has 2 heterocycles. The highest BCUT2D eigenvalue weighted by Gasteiger charge is 2.56. The highest BCUT2D eigenvalue weighted by atomic mass is 16.7. The molecule has 0 amide bonds. The van der Waals surface area contributed by atoms with Crippen molar-refractivity contribution in [2.45, 2.75) is 32.0 Å². The minimum absolute atomic E-state index is 0.113. The number of ether oxygens (including phenoxy) is 4. The number of carbonyl (C=O) groups excluding carboxylic acids is 1. The first-order chi connectivity index (χ1) is 12.4. The van der Waals surface area contributed by atoms with Crippen LogP contribution in [0.5, 0.6) is 17.2 Å². The van der Waals surface area contributed by atoms with Gasteiger partial charge in [0.1, 0.15) is 5.75 Å². The molecule has 5 rings (SSSR count). The van der Waals surface area contributed by atoms with E-state index in [-0.39, 0.29) is 30.2 Å². The van der Waals surface area contributed by atoms with Crippen molar-refractivity contribution in [1.82, 2.24) is 0 Å². The van der Waals surface area contributed by atoms with E-state index in [0.717, 1.165) is 5.56 Å². The molecule has 0 bridgehead atoms. The molecular formula is C20H20O6. The molecule has 0 saturated carbocycles. The molecule has 2 aliphatic carbocycles. The number of hydrogen-bond donors (Lipinski definition) is 1. The third-order valence-corrected chi connectivity index (χ3v) is 6.16. The minimum atomic E-state index is -1.77. The minimum Gasteiger partial charge on any atom is -0.494 e. The maximum absolute atomic E-state index is 12.7. The number of hydrogen-bond acceptors (Lipinski definition) is 6. The van der Waals surface area contributed by atoms with Gasteiger partial charge in [0.15, 0.2) is 23.0 Å². The highest BCUT2D eigenvalue weighted by molar-refractivity contribution is 6.07. The van der Waals surface area contributed by atoms with Gasteiger partial charge in [0.25, 0.3) is 5.79 Å². The molecule has 4 atom stereocenters. The van der Waals surface area contributed by atoms with E-state index in [0.29, 0.717) is 40.7 Å². The number of ketones is 1. The first-order valence-corrected chi connectivity index (χ1v) is 8.83. The zero-order valence-corrected chi connectivity index (χ0v) is 14.9. The maximum atomic E-state index is 12.7. The third kappa shape index (κ3) is 1.82. The van der Waals surface area contributed by atoms with Crippen molar-refractivity contribution >= 4 is 5.78 Å². The second-order valence-corrected chi connectivity index (χ2v) is 7.48. The normalized spacial score (nSPS) is 33.9. The zero-order chi connectivity index (χ0) is 18.2. The largest absolute Gasteiger partial charge is 0.494 e. The van der Waals surface area contributed by atoms with E-state index in [4.69, 9.17) is 18.9 Å². The third-order valence-electron chi connectivity index (χ3n) is 6.16. The highest BCUT2D eigenvalue weighted by Crippen LogP contribution is 2.59. The summed E-state index contributed by atoms with van der Waals surface area (Å²) in [4.78, 5) is 12.7. The Bertz CT molecular complexity index is 898. The molecule has 2 aliphatic heterocycles. The number of rotatable bonds is 1. The van der Waals surface area contributed by atoms with Crippen LogP contribution in [-0.2, 0) is 9.53 Å². The fourth-order valence-electron chi connectivity index (χ4n) is 4.65. The van der Waals surface area contributed by atoms with Crippen LogP contribution in [0.4, 0.5) is 0 Å². The van der Waals surface area contributed by atoms with E-state index in [9.17, 15) is 9.90 Å². The molecule has 6 nitrogen and oxygen atoms in total. The van der Waals surface area contributed by atoms with Crippen LogP contribution in [0.15, 0.2) is 35.1 Å². The number of fused-ring (bicyclic) bond motifs is 3. The van der Waals surface area contributed by atoms with Crippen LogP contribution < -0.4 is 14.2 Å². The lowest BCUT2D eigenvalue weighted by atomic mass is 9.62. The average molecular weight is 356 g/mol. The smallest absolute Gasteiger partial charge is 0.291 e. The number of aliphatic hydroxyl groups is 1. The lowest BCUT2D eigenvalue weighted by molar-refractivity contribution is -0.130. The van der Waals surface area contributed by atoms with Gasteiger partial charge >= 0.3 is 0 Å². The molecule has 0 radical (unpaired) electrons. The zero-order valence-electron chi connectivity index (χ0n) is 14.9. The summed E-state index contributed by atoms with van der Waals surface area (Å²) >= 11 is 0. The first kappa shape index (κ1) is 15.8. The van der Waals surface area contributed by atoms with Gasteiger partial charge in [-0.15, -0.1) is 0 Å². The molecule has 0 fully saturated rings. The number of allylic oxidation sites excluding steroid dienone is 2. The summed E-state index contributed by atoms with van der Waals surface area (Å²) in [5, 5.41) is 11.5. The van der Waals surface area contributed by atoms with Gasteiger partial charge in [-0.3, -0.25) is 4.79 Å². The van der Waals surface area contributed by atoms with Gasteiger partial charge in [0, 0.05) is 34.8 Å². The maximum Gasteiger partial charge on any atom is 0.291 e. The van der Waals surface area contributed by atoms with Crippen molar-refractivity contribution in [3.05, 3.63) is 40.7 Å². The van der Waals surface area contributed by atoms with Crippen LogP contribution in [0.25, 0.3) is 0 Å². The molecule has 136 valence electrons. The van der Waals surface area contributed by atoms with Crippen LogP contribution in [0.3, 0.4) is 0 Å². The van der Waals surface area contributed by atoms with E-state index in [1.54, 1.807) is 6.07 Å². The molecule has 1 N–H and O–H groups in total. The number of methoxy groups -OCH3 is 1. The van der Waals surface area contributed by atoms with E-state index in [2.05, 4.69) is 13.8 Å². The SMILES string of the molecule is COC1=CC(=O)C2=C3C(c4cc5c(cc4OC13O)OCO5)C(C)C(C)C2. The molecule has 4 unspecified atom stereocenters. The Morgan fingerprint density at radius 1 is 1.19 bits per heavy atom. The Kier molecular flexibility index (Phi) is 3.05. The fourth-order valence-corrected chi connectivity index (χ4v) is 4.65. The van der Waals surface area contributed by atoms with Crippen molar-refractivity contribution in [2.75, 3.05) is 13.9 Å². The molecule has 0 aromatic heterocycles. The van der Waals surface area contributed by atoms with Gasteiger partial charge in [-0.05, 0) is 24.3 Å². The van der Waals surface area contributed by atoms with Crippen molar-refractivity contribution < 1.29 is 28.8 Å². The van der Waals surface area contributed by atoms with Gasteiger partial charge in [-0.1, -0.05) is 13.8 Å². The Labute approximate surface area is 151 Å². The van der Waals surface area contributed by atoms with Gasteiger partial charge in [-0.2, -0.15) is 0 Å². The monoisotopic (exact) mass is 356 g/mol. The molecule has 0 saturated heterocycles. The topological polar surface area (TPSA) is 74.2 Å². The number of carbonyl (C=O) groups is 1. The van der Waals surface area contributed by atoms with Crippen molar-refractivity contribution in [3.8, 4) is 17.2 Å². The predicted octanol–water partition coefficient (Wildman–Crippen LogP) is 2.67.